The summed E-state index contributed by atoms with van der Waals surface area (Å²) in [5.74, 6) is -0.256. The van der Waals surface area contributed by atoms with Crippen LogP contribution in [0.15, 0.2) is 71.6 Å². The smallest absolute Gasteiger partial charge is 0.377 e. The zero-order chi connectivity index (χ0) is 24.2. The van der Waals surface area contributed by atoms with E-state index in [0.29, 0.717) is 12.6 Å². The molecule has 33 heavy (non-hydrogen) atoms. The molecule has 0 unspecified atom stereocenters. The van der Waals surface area contributed by atoms with Crippen molar-refractivity contribution in [1.82, 2.24) is 0 Å². The fourth-order valence-electron chi connectivity index (χ4n) is 4.34. The number of ketones is 1. The lowest BCUT2D eigenvalue weighted by atomic mass is 9.83. The summed E-state index contributed by atoms with van der Waals surface area (Å²) in [6, 6.07) is 8.86. The van der Waals surface area contributed by atoms with E-state index < -0.39 is 13.7 Å². The standard InChI is InChI=1S/C24H30N2O6Si/c1-24(2)20-9-6-7-10-21(20)25(15-8-16-33(30-3,31-4)32-5)23(24)14-11-18-17-19(26(28)29)12-13-22(18)27/h6-7,9-14,17H,8,15-16H2,1-5H3/b18-11-,23-14+. The van der Waals surface area contributed by atoms with E-state index in [-0.39, 0.29) is 22.5 Å². The Morgan fingerprint density at radius 2 is 1.76 bits per heavy atom. The van der Waals surface area contributed by atoms with Gasteiger partial charge in [0.05, 0.1) is 4.92 Å². The van der Waals surface area contributed by atoms with Gasteiger partial charge in [0, 0.05) is 68.4 Å². The summed E-state index contributed by atoms with van der Waals surface area (Å²) < 4.78 is 16.7. The number of carbonyl (C=O) groups excluding carboxylic acids is 1. The van der Waals surface area contributed by atoms with Crippen molar-refractivity contribution in [2.24, 2.45) is 0 Å². The Balaban J connectivity index is 1.95. The molecule has 1 aromatic carbocycles. The average Bonchev–Trinajstić information content (AvgIpc) is 3.02. The van der Waals surface area contributed by atoms with Crippen LogP contribution >= 0.6 is 0 Å². The third-order valence-corrected chi connectivity index (χ3v) is 9.05. The van der Waals surface area contributed by atoms with Gasteiger partial charge in [0.2, 0.25) is 0 Å². The van der Waals surface area contributed by atoms with Crippen molar-refractivity contribution in [3.8, 4) is 0 Å². The van der Waals surface area contributed by atoms with Crippen LogP contribution in [0.5, 0.6) is 0 Å². The van der Waals surface area contributed by atoms with E-state index in [0.717, 1.165) is 17.8 Å². The molecule has 176 valence electrons. The molecule has 0 fully saturated rings. The topological polar surface area (TPSA) is 91.1 Å². The highest BCUT2D eigenvalue weighted by molar-refractivity contribution is 6.60. The van der Waals surface area contributed by atoms with E-state index in [1.54, 1.807) is 27.4 Å². The summed E-state index contributed by atoms with van der Waals surface area (Å²) in [5, 5.41) is 11.1. The van der Waals surface area contributed by atoms with Crippen molar-refractivity contribution in [1.29, 1.82) is 0 Å². The summed E-state index contributed by atoms with van der Waals surface area (Å²) in [5.41, 5.74) is 3.16. The van der Waals surface area contributed by atoms with E-state index in [2.05, 4.69) is 30.9 Å². The second kappa shape index (κ2) is 9.96. The van der Waals surface area contributed by atoms with Crippen molar-refractivity contribution in [2.75, 3.05) is 32.8 Å². The van der Waals surface area contributed by atoms with Crippen molar-refractivity contribution in [2.45, 2.75) is 31.7 Å². The molecule has 9 heteroatoms. The molecule has 0 aromatic heterocycles. The Morgan fingerprint density at radius 3 is 2.39 bits per heavy atom. The number of benzene rings is 1. The van der Waals surface area contributed by atoms with E-state index in [1.807, 2.05) is 18.2 Å². The summed E-state index contributed by atoms with van der Waals surface area (Å²) >= 11 is 0. The molecule has 1 heterocycles. The maximum atomic E-state index is 12.3. The largest absolute Gasteiger partial charge is 0.500 e. The molecular formula is C24H30N2O6Si. The van der Waals surface area contributed by atoms with Gasteiger partial charge in [0.1, 0.15) is 0 Å². The first-order chi connectivity index (χ1) is 15.7. The Hall–Kier alpha value is -2.85. The van der Waals surface area contributed by atoms with Gasteiger partial charge in [0.15, 0.2) is 5.78 Å². The number of anilines is 1. The lowest BCUT2D eigenvalue weighted by Crippen LogP contribution is -2.43. The van der Waals surface area contributed by atoms with Gasteiger partial charge in [-0.15, -0.1) is 0 Å². The molecule has 2 aliphatic rings. The molecule has 1 aliphatic carbocycles. The highest BCUT2D eigenvalue weighted by Gasteiger charge is 2.41. The van der Waals surface area contributed by atoms with Gasteiger partial charge in [0.25, 0.3) is 5.70 Å². The average molecular weight is 471 g/mol. The van der Waals surface area contributed by atoms with Gasteiger partial charge >= 0.3 is 8.80 Å². The van der Waals surface area contributed by atoms with Crippen LogP contribution in [-0.4, -0.2) is 47.4 Å². The first-order valence-corrected chi connectivity index (χ1v) is 12.7. The number of fused-ring (bicyclic) bond motifs is 1. The highest BCUT2D eigenvalue weighted by atomic mass is 28.4. The molecule has 3 rings (SSSR count). The number of nitro groups is 1. The fourth-order valence-corrected chi connectivity index (χ4v) is 6.04. The van der Waals surface area contributed by atoms with Crippen molar-refractivity contribution >= 4 is 20.3 Å². The minimum absolute atomic E-state index is 0.106. The second-order valence-corrected chi connectivity index (χ2v) is 11.5. The number of rotatable bonds is 9. The van der Waals surface area contributed by atoms with Crippen LogP contribution in [0.3, 0.4) is 0 Å². The molecule has 0 saturated carbocycles. The Bertz CT molecular complexity index is 1040. The summed E-state index contributed by atoms with van der Waals surface area (Å²) in [4.78, 5) is 25.2. The highest BCUT2D eigenvalue weighted by Crippen LogP contribution is 2.47. The molecule has 0 atom stereocenters. The molecule has 0 N–H and O–H groups in total. The van der Waals surface area contributed by atoms with Crippen LogP contribution in [0, 0.1) is 10.1 Å². The van der Waals surface area contributed by atoms with Gasteiger partial charge in [-0.1, -0.05) is 32.0 Å². The molecular weight excluding hydrogens is 440 g/mol. The quantitative estimate of drug-likeness (QED) is 0.232. The lowest BCUT2D eigenvalue weighted by molar-refractivity contribution is -0.419. The normalized spacial score (nSPS) is 19.8. The fraction of sp³-hybridized carbons (Fsp3) is 0.375. The predicted octanol–water partition coefficient (Wildman–Crippen LogP) is 4.16. The zero-order valence-corrected chi connectivity index (χ0v) is 20.7. The summed E-state index contributed by atoms with van der Waals surface area (Å²) in [6.45, 7) is 4.97. The minimum atomic E-state index is -2.69. The molecule has 1 aliphatic heterocycles. The van der Waals surface area contributed by atoms with Crippen LogP contribution in [0.1, 0.15) is 25.8 Å². The molecule has 0 spiro atoms. The Kier molecular flexibility index (Phi) is 7.48. The Morgan fingerprint density at radius 1 is 1.09 bits per heavy atom. The molecule has 0 amide bonds. The van der Waals surface area contributed by atoms with E-state index in [4.69, 9.17) is 13.3 Å². The molecule has 0 bridgehead atoms. The maximum absolute atomic E-state index is 12.3. The van der Waals surface area contributed by atoms with Crippen LogP contribution in [-0.2, 0) is 23.5 Å². The van der Waals surface area contributed by atoms with E-state index in [1.165, 1.54) is 23.8 Å². The molecule has 0 radical (unpaired) electrons. The van der Waals surface area contributed by atoms with Crippen LogP contribution in [0.25, 0.3) is 0 Å². The van der Waals surface area contributed by atoms with Gasteiger partial charge in [-0.25, -0.2) is 0 Å². The predicted molar refractivity (Wildman–Crippen MR) is 128 cm³/mol. The SMILES string of the molecule is CO[Si](CCCN1/C(=C/C=C2/C=C([N+](=O)[O-])C=CC2=O)C(C)(C)c2ccccc21)(OC)OC. The number of hydrogen-bond acceptors (Lipinski definition) is 7. The van der Waals surface area contributed by atoms with E-state index in [9.17, 15) is 14.9 Å². The minimum Gasteiger partial charge on any atom is -0.377 e. The van der Waals surface area contributed by atoms with Crippen LogP contribution < -0.4 is 4.90 Å². The van der Waals surface area contributed by atoms with E-state index >= 15 is 0 Å². The number of para-hydroxylation sites is 1. The zero-order valence-electron chi connectivity index (χ0n) is 19.7. The second-order valence-electron chi connectivity index (χ2n) is 8.39. The summed E-state index contributed by atoms with van der Waals surface area (Å²) in [6.07, 6.45) is 8.12. The number of carbonyl (C=O) groups is 1. The third-order valence-electron chi connectivity index (χ3n) is 6.22. The first kappa shape index (κ1) is 24.8. The van der Waals surface area contributed by atoms with Crippen LogP contribution in [0.4, 0.5) is 5.69 Å². The van der Waals surface area contributed by atoms with Gasteiger partial charge in [-0.05, 0) is 36.3 Å². The summed E-state index contributed by atoms with van der Waals surface area (Å²) in [7, 11) is 2.12. The van der Waals surface area contributed by atoms with Gasteiger partial charge in [-0.3, -0.25) is 14.9 Å². The number of hydrogen-bond donors (Lipinski definition) is 0. The van der Waals surface area contributed by atoms with Crippen molar-refractivity contribution in [3.63, 3.8) is 0 Å². The molecule has 1 aromatic rings. The van der Waals surface area contributed by atoms with Crippen molar-refractivity contribution in [3.05, 3.63) is 87.3 Å². The van der Waals surface area contributed by atoms with Gasteiger partial charge in [-0.2, -0.15) is 0 Å². The lowest BCUT2D eigenvalue weighted by Gasteiger charge is -2.29. The maximum Gasteiger partial charge on any atom is 0.500 e. The number of nitrogens with zero attached hydrogens (tertiary/aromatic N) is 2. The van der Waals surface area contributed by atoms with Gasteiger partial charge < -0.3 is 18.2 Å². The molecule has 8 nitrogen and oxygen atoms in total. The van der Waals surface area contributed by atoms with Crippen molar-refractivity contribution < 1.29 is 23.0 Å². The van der Waals surface area contributed by atoms with Crippen LogP contribution in [0.2, 0.25) is 6.04 Å². The first-order valence-electron chi connectivity index (χ1n) is 10.7. The Labute approximate surface area is 195 Å². The monoisotopic (exact) mass is 470 g/mol. The third kappa shape index (κ3) is 4.91. The molecule has 0 saturated heterocycles. The number of allylic oxidation sites excluding steroid dienone is 7.